The lowest BCUT2D eigenvalue weighted by Gasteiger charge is -2.29. The standard InChI is InChI=1S/C15H12O5/c16-10-6-9-12(7-11(10)17)20-15(14(19)13(9)18)8-4-2-1-3-5-8/h1-7,14-17,19H/t14-,15+/m0/s1. The predicted molar refractivity (Wildman–Crippen MR) is 69.9 cm³/mol. The van der Waals surface area contributed by atoms with Crippen molar-refractivity contribution in [3.63, 3.8) is 0 Å². The number of ether oxygens (including phenoxy) is 1. The minimum Gasteiger partial charge on any atom is -0.504 e. The first-order valence-electron chi connectivity index (χ1n) is 6.08. The molecule has 0 fully saturated rings. The molecule has 0 amide bonds. The minimum atomic E-state index is -1.35. The van der Waals surface area contributed by atoms with Crippen LogP contribution in [0, 0.1) is 0 Å². The van der Waals surface area contributed by atoms with E-state index in [-0.39, 0.29) is 17.1 Å². The van der Waals surface area contributed by atoms with Gasteiger partial charge in [-0.1, -0.05) is 30.3 Å². The Morgan fingerprint density at radius 1 is 1.00 bits per heavy atom. The number of phenolic OH excluding ortho intramolecular Hbond substituents is 2. The number of benzene rings is 2. The zero-order valence-corrected chi connectivity index (χ0v) is 10.4. The van der Waals surface area contributed by atoms with Crippen LogP contribution in [0.5, 0.6) is 17.2 Å². The van der Waals surface area contributed by atoms with Gasteiger partial charge in [0.15, 0.2) is 29.5 Å². The van der Waals surface area contributed by atoms with Gasteiger partial charge in [0, 0.05) is 6.07 Å². The van der Waals surface area contributed by atoms with E-state index in [9.17, 15) is 20.1 Å². The number of hydrogen-bond donors (Lipinski definition) is 3. The molecule has 1 heterocycles. The zero-order valence-electron chi connectivity index (χ0n) is 10.4. The van der Waals surface area contributed by atoms with E-state index in [1.54, 1.807) is 24.3 Å². The van der Waals surface area contributed by atoms with E-state index in [2.05, 4.69) is 0 Å². The second-order valence-electron chi connectivity index (χ2n) is 4.60. The maximum atomic E-state index is 12.1. The summed E-state index contributed by atoms with van der Waals surface area (Å²) in [6.45, 7) is 0. The molecule has 3 rings (SSSR count). The van der Waals surface area contributed by atoms with Crippen molar-refractivity contribution in [1.29, 1.82) is 0 Å². The summed E-state index contributed by atoms with van der Waals surface area (Å²) < 4.78 is 5.59. The Bertz CT molecular complexity index is 665. The van der Waals surface area contributed by atoms with Crippen molar-refractivity contribution in [2.24, 2.45) is 0 Å². The van der Waals surface area contributed by atoms with Crippen molar-refractivity contribution in [1.82, 2.24) is 0 Å². The Balaban J connectivity index is 2.07. The first kappa shape index (κ1) is 12.5. The average molecular weight is 272 g/mol. The molecular weight excluding hydrogens is 260 g/mol. The summed E-state index contributed by atoms with van der Waals surface area (Å²) in [5.74, 6) is -1.20. The number of ketones is 1. The summed E-state index contributed by atoms with van der Waals surface area (Å²) in [5.41, 5.74) is 0.714. The van der Waals surface area contributed by atoms with Crippen LogP contribution in [0.4, 0.5) is 0 Å². The Morgan fingerprint density at radius 3 is 2.35 bits per heavy atom. The smallest absolute Gasteiger partial charge is 0.199 e. The van der Waals surface area contributed by atoms with Crippen LogP contribution in [0.1, 0.15) is 22.0 Å². The molecule has 0 aliphatic carbocycles. The third kappa shape index (κ3) is 1.88. The van der Waals surface area contributed by atoms with Gasteiger partial charge in [0.05, 0.1) is 5.56 Å². The summed E-state index contributed by atoms with van der Waals surface area (Å²) >= 11 is 0. The van der Waals surface area contributed by atoms with Crippen molar-refractivity contribution >= 4 is 5.78 Å². The molecule has 5 nitrogen and oxygen atoms in total. The number of rotatable bonds is 1. The number of aromatic hydroxyl groups is 2. The van der Waals surface area contributed by atoms with Gasteiger partial charge in [0.2, 0.25) is 0 Å². The molecule has 0 radical (unpaired) electrons. The highest BCUT2D eigenvalue weighted by Gasteiger charge is 2.37. The van der Waals surface area contributed by atoms with E-state index < -0.39 is 23.7 Å². The molecule has 2 atom stereocenters. The van der Waals surface area contributed by atoms with Gasteiger partial charge in [-0.25, -0.2) is 0 Å². The van der Waals surface area contributed by atoms with Crippen molar-refractivity contribution in [3.8, 4) is 17.2 Å². The topological polar surface area (TPSA) is 87.0 Å². The fraction of sp³-hybridized carbons (Fsp3) is 0.133. The lowest BCUT2D eigenvalue weighted by Crippen LogP contribution is -2.36. The van der Waals surface area contributed by atoms with Gasteiger partial charge in [-0.05, 0) is 11.6 Å². The molecule has 2 aromatic rings. The van der Waals surface area contributed by atoms with Gasteiger partial charge >= 0.3 is 0 Å². The molecule has 5 heteroatoms. The van der Waals surface area contributed by atoms with Crippen LogP contribution in [0.25, 0.3) is 0 Å². The predicted octanol–water partition coefficient (Wildman–Crippen LogP) is 1.78. The quantitative estimate of drug-likeness (QED) is 0.689. The molecule has 0 saturated heterocycles. The Hall–Kier alpha value is -2.53. The van der Waals surface area contributed by atoms with Gasteiger partial charge in [0.1, 0.15) is 5.75 Å². The van der Waals surface area contributed by atoms with Crippen LogP contribution in [0.15, 0.2) is 42.5 Å². The minimum absolute atomic E-state index is 0.0555. The summed E-state index contributed by atoms with van der Waals surface area (Å²) in [5, 5.41) is 29.0. The van der Waals surface area contributed by atoms with Crippen LogP contribution in [-0.4, -0.2) is 27.2 Å². The van der Waals surface area contributed by atoms with Crippen LogP contribution in [0.2, 0.25) is 0 Å². The first-order valence-corrected chi connectivity index (χ1v) is 6.08. The van der Waals surface area contributed by atoms with Gasteiger partial charge in [0.25, 0.3) is 0 Å². The summed E-state index contributed by atoms with van der Waals surface area (Å²) in [7, 11) is 0. The number of aliphatic hydroxyl groups excluding tert-OH is 1. The Morgan fingerprint density at radius 2 is 1.65 bits per heavy atom. The van der Waals surface area contributed by atoms with Crippen LogP contribution in [0.3, 0.4) is 0 Å². The fourth-order valence-corrected chi connectivity index (χ4v) is 2.24. The molecule has 3 N–H and O–H groups in total. The number of fused-ring (bicyclic) bond motifs is 1. The monoisotopic (exact) mass is 272 g/mol. The van der Waals surface area contributed by atoms with E-state index in [1.165, 1.54) is 6.07 Å². The number of aliphatic hydroxyl groups is 1. The molecule has 0 saturated carbocycles. The van der Waals surface area contributed by atoms with Gasteiger partial charge in [-0.2, -0.15) is 0 Å². The molecule has 20 heavy (non-hydrogen) atoms. The molecule has 1 aliphatic heterocycles. The van der Waals surface area contributed by atoms with Crippen molar-refractivity contribution < 1.29 is 24.9 Å². The maximum Gasteiger partial charge on any atom is 0.199 e. The average Bonchev–Trinajstić information content (AvgIpc) is 2.46. The second-order valence-corrected chi connectivity index (χ2v) is 4.60. The van der Waals surface area contributed by atoms with E-state index in [0.717, 1.165) is 6.07 Å². The van der Waals surface area contributed by atoms with Crippen molar-refractivity contribution in [3.05, 3.63) is 53.6 Å². The number of carbonyl (C=O) groups is 1. The number of carbonyl (C=O) groups excluding carboxylic acids is 1. The SMILES string of the molecule is O=C1c2cc(O)c(O)cc2O[C@H](c2ccccc2)[C@H]1O. The van der Waals surface area contributed by atoms with Gasteiger partial charge in [-0.3, -0.25) is 4.79 Å². The molecule has 0 unspecified atom stereocenters. The van der Waals surface area contributed by atoms with E-state index in [4.69, 9.17) is 4.74 Å². The lowest BCUT2D eigenvalue weighted by molar-refractivity contribution is 0.0215. The number of Topliss-reactive ketones (excluding diaryl/α,β-unsaturated/α-hetero) is 1. The third-order valence-electron chi connectivity index (χ3n) is 3.28. The normalized spacial score (nSPS) is 21.1. The highest BCUT2D eigenvalue weighted by molar-refractivity contribution is 6.03. The Kier molecular flexibility index (Phi) is 2.84. The largest absolute Gasteiger partial charge is 0.504 e. The third-order valence-corrected chi connectivity index (χ3v) is 3.28. The second kappa shape index (κ2) is 4.54. The zero-order chi connectivity index (χ0) is 14.3. The summed E-state index contributed by atoms with van der Waals surface area (Å²) in [6.07, 6.45) is -2.19. The molecule has 102 valence electrons. The fourth-order valence-electron chi connectivity index (χ4n) is 2.24. The highest BCUT2D eigenvalue weighted by atomic mass is 16.5. The van der Waals surface area contributed by atoms with Crippen molar-refractivity contribution in [2.75, 3.05) is 0 Å². The highest BCUT2D eigenvalue weighted by Crippen LogP contribution is 2.40. The van der Waals surface area contributed by atoms with Gasteiger partial charge in [-0.15, -0.1) is 0 Å². The lowest BCUT2D eigenvalue weighted by atomic mass is 9.93. The molecule has 0 spiro atoms. The molecule has 0 aromatic heterocycles. The van der Waals surface area contributed by atoms with Crippen LogP contribution < -0.4 is 4.74 Å². The van der Waals surface area contributed by atoms with E-state index in [1.807, 2.05) is 6.07 Å². The van der Waals surface area contributed by atoms with E-state index >= 15 is 0 Å². The molecular formula is C15H12O5. The van der Waals surface area contributed by atoms with Gasteiger partial charge < -0.3 is 20.1 Å². The van der Waals surface area contributed by atoms with Crippen LogP contribution in [-0.2, 0) is 0 Å². The number of hydrogen-bond acceptors (Lipinski definition) is 5. The molecule has 2 aromatic carbocycles. The first-order chi connectivity index (χ1) is 9.58. The summed E-state index contributed by atoms with van der Waals surface area (Å²) in [6, 6.07) is 11.1. The number of phenols is 2. The van der Waals surface area contributed by atoms with E-state index in [0.29, 0.717) is 5.56 Å². The van der Waals surface area contributed by atoms with Crippen LogP contribution >= 0.6 is 0 Å². The Labute approximate surface area is 114 Å². The molecule has 0 bridgehead atoms. The molecule has 1 aliphatic rings. The van der Waals surface area contributed by atoms with Crippen molar-refractivity contribution in [2.45, 2.75) is 12.2 Å². The maximum absolute atomic E-state index is 12.1. The summed E-state index contributed by atoms with van der Waals surface area (Å²) in [4.78, 5) is 12.1.